The highest BCUT2D eigenvalue weighted by atomic mass is 19.4. The Morgan fingerprint density at radius 3 is 2.40 bits per heavy atom. The van der Waals surface area contributed by atoms with Crippen molar-refractivity contribution in [2.75, 3.05) is 10.6 Å². The lowest BCUT2D eigenvalue weighted by molar-refractivity contribution is -0.137. The third-order valence-corrected chi connectivity index (χ3v) is 6.29. The van der Waals surface area contributed by atoms with Crippen LogP contribution < -0.4 is 16.0 Å². The highest BCUT2D eigenvalue weighted by Crippen LogP contribution is 2.36. The number of benzene rings is 2. The smallest absolute Gasteiger partial charge is 0.324 e. The molecule has 2 aromatic carbocycles. The van der Waals surface area contributed by atoms with Gasteiger partial charge in [-0.15, -0.1) is 0 Å². The molecular weight excluding hydrogens is 465 g/mol. The Kier molecular flexibility index (Phi) is 6.27. The van der Waals surface area contributed by atoms with Crippen LogP contribution in [0.5, 0.6) is 0 Å². The van der Waals surface area contributed by atoms with Crippen molar-refractivity contribution in [3.63, 3.8) is 0 Å². The molecule has 0 bridgehead atoms. The van der Waals surface area contributed by atoms with E-state index in [4.69, 9.17) is 0 Å². The zero-order chi connectivity index (χ0) is 25.4. The first kappa shape index (κ1) is 24.2. The molecule has 35 heavy (non-hydrogen) atoms. The number of carbonyl (C=O) groups excluding carboxylic acids is 4. The molecule has 1 saturated heterocycles. The van der Waals surface area contributed by atoms with Gasteiger partial charge in [-0.2, -0.15) is 13.2 Å². The molecule has 1 atom stereocenters. The minimum absolute atomic E-state index is 0.00470. The van der Waals surface area contributed by atoms with Crippen LogP contribution in [0.1, 0.15) is 48.5 Å². The zero-order valence-corrected chi connectivity index (χ0v) is 18.7. The van der Waals surface area contributed by atoms with Crippen molar-refractivity contribution < 1.29 is 32.3 Å². The molecule has 2 fully saturated rings. The molecule has 8 nitrogen and oxygen atoms in total. The Hall–Kier alpha value is -3.89. The van der Waals surface area contributed by atoms with E-state index >= 15 is 0 Å². The number of imide groups is 1. The summed E-state index contributed by atoms with van der Waals surface area (Å²) >= 11 is 0. The Balaban J connectivity index is 1.49. The maximum Gasteiger partial charge on any atom is 0.416 e. The third kappa shape index (κ3) is 4.71. The summed E-state index contributed by atoms with van der Waals surface area (Å²) in [6, 6.07) is 8.30. The van der Waals surface area contributed by atoms with E-state index in [0.717, 1.165) is 29.9 Å². The maximum absolute atomic E-state index is 13.0. The molecule has 1 heterocycles. The summed E-state index contributed by atoms with van der Waals surface area (Å²) in [7, 11) is 0. The van der Waals surface area contributed by atoms with Gasteiger partial charge in [0.2, 0.25) is 5.91 Å². The largest absolute Gasteiger partial charge is 0.416 e. The molecule has 1 saturated carbocycles. The van der Waals surface area contributed by atoms with Gasteiger partial charge in [-0.05, 0) is 50.1 Å². The van der Waals surface area contributed by atoms with Crippen LogP contribution in [-0.4, -0.2) is 40.2 Å². The zero-order valence-electron chi connectivity index (χ0n) is 18.7. The van der Waals surface area contributed by atoms with Gasteiger partial charge in [0.1, 0.15) is 11.6 Å². The number of alkyl halides is 3. The SMILES string of the molecule is CC(C(=O)Nc1ccccc1C(=O)Nc1cccc(C(F)(F)F)c1)N1C(=O)NC2(CCCC2)C1=O. The van der Waals surface area contributed by atoms with E-state index in [2.05, 4.69) is 16.0 Å². The van der Waals surface area contributed by atoms with Gasteiger partial charge in [-0.3, -0.25) is 14.4 Å². The third-order valence-electron chi connectivity index (χ3n) is 6.29. The first-order chi connectivity index (χ1) is 16.5. The normalized spacial score (nSPS) is 17.9. The molecule has 1 spiro atoms. The van der Waals surface area contributed by atoms with Crippen molar-refractivity contribution in [1.29, 1.82) is 0 Å². The van der Waals surface area contributed by atoms with Crippen molar-refractivity contribution in [2.45, 2.75) is 50.4 Å². The number of halogens is 3. The molecule has 1 aliphatic carbocycles. The Bertz CT molecular complexity index is 1190. The van der Waals surface area contributed by atoms with Crippen LogP contribution in [0.3, 0.4) is 0 Å². The van der Waals surface area contributed by atoms with Gasteiger partial charge in [0.25, 0.3) is 11.8 Å². The quantitative estimate of drug-likeness (QED) is 0.550. The topological polar surface area (TPSA) is 108 Å². The first-order valence-corrected chi connectivity index (χ1v) is 11.1. The molecule has 0 radical (unpaired) electrons. The second-order valence-electron chi connectivity index (χ2n) is 8.64. The van der Waals surface area contributed by atoms with Gasteiger partial charge in [0.15, 0.2) is 0 Å². The second kappa shape index (κ2) is 9.05. The fraction of sp³-hybridized carbons (Fsp3) is 0.333. The molecule has 0 aromatic heterocycles. The average molecular weight is 488 g/mol. The number of hydrogen-bond acceptors (Lipinski definition) is 4. The molecule has 5 amide bonds. The number of amides is 5. The van der Waals surface area contributed by atoms with E-state index in [1.54, 1.807) is 6.07 Å². The van der Waals surface area contributed by atoms with E-state index < -0.39 is 47.1 Å². The number of carbonyl (C=O) groups is 4. The van der Waals surface area contributed by atoms with Crippen LogP contribution in [0.25, 0.3) is 0 Å². The van der Waals surface area contributed by atoms with Crippen LogP contribution in [0.15, 0.2) is 48.5 Å². The predicted molar refractivity (Wildman–Crippen MR) is 121 cm³/mol. The maximum atomic E-state index is 13.0. The molecular formula is C24H23F3N4O4. The van der Waals surface area contributed by atoms with Crippen LogP contribution in [0.4, 0.5) is 29.3 Å². The van der Waals surface area contributed by atoms with Gasteiger partial charge in [0, 0.05) is 5.69 Å². The van der Waals surface area contributed by atoms with Crippen LogP contribution >= 0.6 is 0 Å². The molecule has 2 aromatic rings. The number of nitrogens with zero attached hydrogens (tertiary/aromatic N) is 1. The minimum Gasteiger partial charge on any atom is -0.324 e. The molecule has 1 unspecified atom stereocenters. The van der Waals surface area contributed by atoms with E-state index in [-0.39, 0.29) is 16.9 Å². The summed E-state index contributed by atoms with van der Waals surface area (Å²) in [6.45, 7) is 1.41. The van der Waals surface area contributed by atoms with Crippen LogP contribution in [0, 0.1) is 0 Å². The van der Waals surface area contributed by atoms with Crippen LogP contribution in [0.2, 0.25) is 0 Å². The lowest BCUT2D eigenvalue weighted by Gasteiger charge is -2.24. The van der Waals surface area contributed by atoms with Crippen molar-refractivity contribution >= 4 is 35.1 Å². The van der Waals surface area contributed by atoms with Crippen molar-refractivity contribution in [1.82, 2.24) is 10.2 Å². The fourth-order valence-electron chi connectivity index (χ4n) is 4.43. The molecule has 3 N–H and O–H groups in total. The average Bonchev–Trinajstić information content (AvgIpc) is 3.37. The summed E-state index contributed by atoms with van der Waals surface area (Å²) in [5.41, 5.74) is -1.87. The van der Waals surface area contributed by atoms with Gasteiger partial charge in [0.05, 0.1) is 16.8 Å². The van der Waals surface area contributed by atoms with Gasteiger partial charge < -0.3 is 16.0 Å². The highest BCUT2D eigenvalue weighted by molar-refractivity contribution is 6.13. The van der Waals surface area contributed by atoms with Crippen molar-refractivity contribution in [3.8, 4) is 0 Å². The number of hydrogen-bond donors (Lipinski definition) is 3. The Morgan fingerprint density at radius 1 is 1.03 bits per heavy atom. The summed E-state index contributed by atoms with van der Waals surface area (Å²) in [6.07, 6.45) is -1.94. The van der Waals surface area contributed by atoms with E-state index in [1.807, 2.05) is 0 Å². The first-order valence-electron chi connectivity index (χ1n) is 11.1. The molecule has 11 heteroatoms. The fourth-order valence-corrected chi connectivity index (χ4v) is 4.43. The monoisotopic (exact) mass is 488 g/mol. The lowest BCUT2D eigenvalue weighted by Crippen LogP contribution is -2.48. The van der Waals surface area contributed by atoms with Crippen LogP contribution in [-0.2, 0) is 15.8 Å². The highest BCUT2D eigenvalue weighted by Gasteiger charge is 2.54. The van der Waals surface area contributed by atoms with E-state index in [0.29, 0.717) is 12.8 Å². The number of urea groups is 1. The number of anilines is 2. The molecule has 4 rings (SSSR count). The molecule has 2 aliphatic rings. The minimum atomic E-state index is -4.57. The summed E-state index contributed by atoms with van der Waals surface area (Å²) in [5, 5.41) is 7.67. The number of para-hydroxylation sites is 1. The van der Waals surface area contributed by atoms with Gasteiger partial charge in [-0.1, -0.05) is 31.0 Å². The van der Waals surface area contributed by atoms with Crippen molar-refractivity contribution in [3.05, 3.63) is 59.7 Å². The predicted octanol–water partition coefficient (Wildman–Crippen LogP) is 4.15. The standard InChI is InChI=1S/C24H23F3N4O4/c1-14(31-21(34)23(30-22(31)35)11-4-5-12-23)19(32)29-18-10-3-2-9-17(18)20(33)28-16-8-6-7-15(13-16)24(25,26)27/h2-3,6-10,13-14H,4-5,11-12H2,1H3,(H,28,33)(H,29,32)(H,30,35). The lowest BCUT2D eigenvalue weighted by atomic mass is 9.97. The van der Waals surface area contributed by atoms with Gasteiger partial charge in [-0.25, -0.2) is 9.69 Å². The Morgan fingerprint density at radius 2 is 1.71 bits per heavy atom. The summed E-state index contributed by atoms with van der Waals surface area (Å²) < 4.78 is 38.9. The second-order valence-corrected chi connectivity index (χ2v) is 8.64. The van der Waals surface area contributed by atoms with Gasteiger partial charge >= 0.3 is 12.2 Å². The molecule has 1 aliphatic heterocycles. The van der Waals surface area contributed by atoms with E-state index in [1.165, 1.54) is 37.3 Å². The Labute approximate surface area is 198 Å². The summed E-state index contributed by atoms with van der Waals surface area (Å²) in [5.74, 6) is -1.88. The molecule has 184 valence electrons. The van der Waals surface area contributed by atoms with Crippen molar-refractivity contribution in [2.24, 2.45) is 0 Å². The summed E-state index contributed by atoms with van der Waals surface area (Å²) in [4.78, 5) is 52.1. The van der Waals surface area contributed by atoms with E-state index in [9.17, 15) is 32.3 Å². The number of rotatable bonds is 5. The number of nitrogens with one attached hydrogen (secondary N) is 3.